The Labute approximate surface area is 124 Å². The Kier molecular flexibility index (Phi) is 4.39. The summed E-state index contributed by atoms with van der Waals surface area (Å²) in [5.41, 5.74) is 1.45. The van der Waals surface area contributed by atoms with Gasteiger partial charge in [-0.2, -0.15) is 0 Å². The molecule has 0 unspecified atom stereocenters. The maximum atomic E-state index is 12.3. The number of likely N-dealkylation sites (N-methyl/N-ethyl adjacent to an activating group) is 2. The van der Waals surface area contributed by atoms with E-state index in [1.54, 1.807) is 9.80 Å². The zero-order chi connectivity index (χ0) is 14.7. The minimum absolute atomic E-state index is 0.0636. The summed E-state index contributed by atoms with van der Waals surface area (Å²) in [7, 11) is 1.81. The van der Waals surface area contributed by atoms with Crippen molar-refractivity contribution in [1.82, 2.24) is 9.80 Å². The Balaban J connectivity index is 2.41. The van der Waals surface area contributed by atoms with Gasteiger partial charge in [0.25, 0.3) is 5.91 Å². The van der Waals surface area contributed by atoms with Crippen LogP contribution in [0.15, 0.2) is 30.0 Å². The highest BCUT2D eigenvalue weighted by atomic mass is 32.1. The van der Waals surface area contributed by atoms with E-state index in [4.69, 9.17) is 17.0 Å². The zero-order valence-corrected chi connectivity index (χ0v) is 12.7. The molecule has 0 radical (unpaired) electrons. The number of hydrogen-bond donors (Lipinski definition) is 0. The van der Waals surface area contributed by atoms with Crippen LogP contribution in [0.3, 0.4) is 0 Å². The molecule has 0 bridgehead atoms. The average Bonchev–Trinajstić information content (AvgIpc) is 2.65. The third-order valence-corrected chi connectivity index (χ3v) is 3.67. The van der Waals surface area contributed by atoms with Gasteiger partial charge in [-0.1, -0.05) is 18.2 Å². The molecule has 1 aliphatic heterocycles. The number of carbonyl (C=O) groups is 1. The van der Waals surface area contributed by atoms with E-state index < -0.39 is 0 Å². The fourth-order valence-corrected chi connectivity index (χ4v) is 2.43. The number of nitrogens with zero attached hydrogens (tertiary/aromatic N) is 2. The number of thiocarbonyl (C=S) groups is 1. The van der Waals surface area contributed by atoms with Crippen molar-refractivity contribution in [3.63, 3.8) is 0 Å². The van der Waals surface area contributed by atoms with Crippen molar-refractivity contribution in [1.29, 1.82) is 0 Å². The lowest BCUT2D eigenvalue weighted by molar-refractivity contribution is -0.122. The van der Waals surface area contributed by atoms with Crippen LogP contribution < -0.4 is 4.74 Å². The number of amides is 1. The molecule has 1 saturated heterocycles. The standard InChI is InChI=1S/C15H18N2O2S/c1-4-17-14(18)12(16(3)15(17)20)10-11-8-6-7-9-13(11)19-5-2/h6-10H,4-5H2,1-3H3. The van der Waals surface area contributed by atoms with Crippen LogP contribution in [0.2, 0.25) is 0 Å². The van der Waals surface area contributed by atoms with Crippen LogP contribution in [0.5, 0.6) is 5.75 Å². The number of para-hydroxylation sites is 1. The van der Waals surface area contributed by atoms with Gasteiger partial charge in [0.05, 0.1) is 6.61 Å². The first-order valence-electron chi connectivity index (χ1n) is 6.63. The van der Waals surface area contributed by atoms with Crippen molar-refractivity contribution >= 4 is 29.3 Å². The molecular formula is C15H18N2O2S. The molecule has 0 N–H and O–H groups in total. The van der Waals surface area contributed by atoms with Crippen LogP contribution in [-0.4, -0.2) is 41.0 Å². The van der Waals surface area contributed by atoms with E-state index in [9.17, 15) is 4.79 Å². The number of ether oxygens (including phenoxy) is 1. The molecule has 1 fully saturated rings. The molecule has 1 heterocycles. The molecule has 1 aliphatic rings. The normalized spacial score (nSPS) is 17.2. The van der Waals surface area contributed by atoms with Gasteiger partial charge in [0.2, 0.25) is 0 Å². The quantitative estimate of drug-likeness (QED) is 0.630. The largest absolute Gasteiger partial charge is 0.493 e. The molecule has 20 heavy (non-hydrogen) atoms. The van der Waals surface area contributed by atoms with Gasteiger partial charge in [0.15, 0.2) is 5.11 Å². The van der Waals surface area contributed by atoms with Gasteiger partial charge in [-0.15, -0.1) is 0 Å². The van der Waals surface area contributed by atoms with E-state index in [1.807, 2.05) is 51.2 Å². The van der Waals surface area contributed by atoms with E-state index in [1.165, 1.54) is 0 Å². The second-order valence-corrected chi connectivity index (χ2v) is 4.76. The van der Waals surface area contributed by atoms with Crippen molar-refractivity contribution in [2.75, 3.05) is 20.2 Å². The molecule has 1 amide bonds. The highest BCUT2D eigenvalue weighted by Gasteiger charge is 2.34. The lowest BCUT2D eigenvalue weighted by Gasteiger charge is -2.13. The minimum atomic E-state index is -0.0636. The topological polar surface area (TPSA) is 32.8 Å². The van der Waals surface area contributed by atoms with E-state index in [0.717, 1.165) is 11.3 Å². The van der Waals surface area contributed by atoms with Gasteiger partial charge in [0, 0.05) is 19.2 Å². The number of benzene rings is 1. The molecule has 0 saturated carbocycles. The van der Waals surface area contributed by atoms with Gasteiger partial charge in [-0.3, -0.25) is 9.69 Å². The Morgan fingerprint density at radius 1 is 1.30 bits per heavy atom. The molecule has 1 aromatic rings. The van der Waals surface area contributed by atoms with Crippen LogP contribution in [0, 0.1) is 0 Å². The highest BCUT2D eigenvalue weighted by molar-refractivity contribution is 7.80. The van der Waals surface area contributed by atoms with Crippen molar-refractivity contribution in [2.24, 2.45) is 0 Å². The maximum Gasteiger partial charge on any atom is 0.276 e. The average molecular weight is 290 g/mol. The molecule has 0 atom stereocenters. The van der Waals surface area contributed by atoms with Gasteiger partial charge >= 0.3 is 0 Å². The van der Waals surface area contributed by atoms with Crippen LogP contribution in [-0.2, 0) is 4.79 Å². The third-order valence-electron chi connectivity index (χ3n) is 3.17. The van der Waals surface area contributed by atoms with Crippen molar-refractivity contribution < 1.29 is 9.53 Å². The summed E-state index contributed by atoms with van der Waals surface area (Å²) in [4.78, 5) is 15.6. The van der Waals surface area contributed by atoms with E-state index in [-0.39, 0.29) is 5.91 Å². The lowest BCUT2D eigenvalue weighted by atomic mass is 10.1. The Bertz CT molecular complexity index is 569. The smallest absolute Gasteiger partial charge is 0.276 e. The predicted molar refractivity (Wildman–Crippen MR) is 83.3 cm³/mol. The summed E-state index contributed by atoms with van der Waals surface area (Å²) < 4.78 is 5.58. The molecule has 2 rings (SSSR count). The van der Waals surface area contributed by atoms with Crippen molar-refractivity contribution in [3.8, 4) is 5.75 Å². The van der Waals surface area contributed by atoms with E-state index >= 15 is 0 Å². The summed E-state index contributed by atoms with van der Waals surface area (Å²) in [6, 6.07) is 7.66. The molecule has 0 aromatic heterocycles. The highest BCUT2D eigenvalue weighted by Crippen LogP contribution is 2.26. The summed E-state index contributed by atoms with van der Waals surface area (Å²) in [6.07, 6.45) is 1.83. The first-order valence-corrected chi connectivity index (χ1v) is 7.04. The maximum absolute atomic E-state index is 12.3. The number of hydrogen-bond acceptors (Lipinski definition) is 3. The van der Waals surface area contributed by atoms with Gasteiger partial charge in [-0.25, -0.2) is 0 Å². The van der Waals surface area contributed by atoms with Gasteiger partial charge in [-0.05, 0) is 38.2 Å². The molecule has 0 spiro atoms. The SMILES string of the molecule is CCOc1ccccc1C=C1C(=O)N(CC)C(=S)N1C. The monoisotopic (exact) mass is 290 g/mol. The number of carbonyl (C=O) groups excluding carboxylic acids is 1. The van der Waals surface area contributed by atoms with Gasteiger partial charge in [0.1, 0.15) is 11.4 Å². The van der Waals surface area contributed by atoms with E-state index in [0.29, 0.717) is 24.0 Å². The minimum Gasteiger partial charge on any atom is -0.493 e. The van der Waals surface area contributed by atoms with Crippen molar-refractivity contribution in [3.05, 3.63) is 35.5 Å². The predicted octanol–water partition coefficient (Wildman–Crippen LogP) is 2.51. The fraction of sp³-hybridized carbons (Fsp3) is 0.333. The first-order chi connectivity index (χ1) is 9.60. The van der Waals surface area contributed by atoms with Gasteiger partial charge < -0.3 is 9.64 Å². The second kappa shape index (κ2) is 6.05. The second-order valence-electron chi connectivity index (χ2n) is 4.39. The summed E-state index contributed by atoms with van der Waals surface area (Å²) >= 11 is 5.28. The fourth-order valence-electron chi connectivity index (χ4n) is 2.12. The Morgan fingerprint density at radius 3 is 2.60 bits per heavy atom. The zero-order valence-electron chi connectivity index (χ0n) is 11.9. The van der Waals surface area contributed by atoms with Crippen LogP contribution in [0.1, 0.15) is 19.4 Å². The molecule has 0 aliphatic carbocycles. The van der Waals surface area contributed by atoms with Crippen LogP contribution in [0.4, 0.5) is 0 Å². The Hall–Kier alpha value is -1.88. The summed E-state index contributed by atoms with van der Waals surface area (Å²) in [6.45, 7) is 5.01. The summed E-state index contributed by atoms with van der Waals surface area (Å²) in [5.74, 6) is 0.705. The molecular weight excluding hydrogens is 272 g/mol. The molecule has 106 valence electrons. The lowest BCUT2D eigenvalue weighted by Crippen LogP contribution is -2.30. The van der Waals surface area contributed by atoms with Crippen LogP contribution in [0.25, 0.3) is 6.08 Å². The number of rotatable bonds is 4. The molecule has 5 heteroatoms. The molecule has 4 nitrogen and oxygen atoms in total. The van der Waals surface area contributed by atoms with Crippen LogP contribution >= 0.6 is 12.2 Å². The first kappa shape index (κ1) is 14.5. The Morgan fingerprint density at radius 2 is 2.00 bits per heavy atom. The van der Waals surface area contributed by atoms with E-state index in [2.05, 4.69) is 0 Å². The third kappa shape index (κ3) is 2.54. The van der Waals surface area contributed by atoms with Crippen molar-refractivity contribution in [2.45, 2.75) is 13.8 Å². The summed E-state index contributed by atoms with van der Waals surface area (Å²) in [5, 5.41) is 0.539. The molecule has 1 aromatic carbocycles.